The summed E-state index contributed by atoms with van der Waals surface area (Å²) in [5.74, 6) is 1.58. The molecule has 0 unspecified atom stereocenters. The molecule has 2 aromatic rings. The van der Waals surface area contributed by atoms with Gasteiger partial charge in [0.05, 0.1) is 7.11 Å². The van der Waals surface area contributed by atoms with Gasteiger partial charge in [0.2, 0.25) is 11.8 Å². The number of rotatable bonds is 6. The molecule has 0 radical (unpaired) electrons. The van der Waals surface area contributed by atoms with Crippen molar-refractivity contribution >= 4 is 47.9 Å². The molecule has 1 aromatic carbocycles. The summed E-state index contributed by atoms with van der Waals surface area (Å²) in [6.07, 6.45) is 0.474. The SMILES string of the molecule is COc1cccc(N2CCN(CCC(=O)Nc3ccc(N)cc3)CC2)n1.Cl.Cl. The Morgan fingerprint density at radius 2 is 1.79 bits per heavy atom. The Balaban J connectivity index is 0.00000196. The Morgan fingerprint density at radius 3 is 2.43 bits per heavy atom. The highest BCUT2D eigenvalue weighted by Gasteiger charge is 2.18. The number of halogens is 2. The first-order chi connectivity index (χ1) is 12.6. The molecule has 1 fully saturated rings. The number of nitrogen functional groups attached to an aromatic ring is 1. The number of anilines is 3. The zero-order valence-corrected chi connectivity index (χ0v) is 17.5. The fraction of sp³-hybridized carbons (Fsp3) is 0.368. The van der Waals surface area contributed by atoms with Gasteiger partial charge in [-0.2, -0.15) is 4.98 Å². The maximum atomic E-state index is 12.1. The van der Waals surface area contributed by atoms with Crippen LogP contribution in [0.4, 0.5) is 17.2 Å². The summed E-state index contributed by atoms with van der Waals surface area (Å²) in [5.41, 5.74) is 7.11. The normalized spacial score (nSPS) is 13.8. The van der Waals surface area contributed by atoms with Gasteiger partial charge < -0.3 is 20.7 Å². The van der Waals surface area contributed by atoms with Crippen LogP contribution in [0.1, 0.15) is 6.42 Å². The van der Waals surface area contributed by atoms with Gasteiger partial charge in [-0.05, 0) is 30.3 Å². The van der Waals surface area contributed by atoms with E-state index in [4.69, 9.17) is 10.5 Å². The van der Waals surface area contributed by atoms with E-state index in [1.54, 1.807) is 19.2 Å². The standard InChI is InChI=1S/C19H25N5O2.2ClH/c1-26-19-4-2-3-17(22-19)24-13-11-23(12-14-24)10-9-18(25)21-16-7-5-15(20)6-8-16;;/h2-8H,9-14,20H2,1H3,(H,21,25);2*1H. The number of nitrogens with two attached hydrogens (primary N) is 1. The summed E-state index contributed by atoms with van der Waals surface area (Å²) in [6, 6.07) is 13.0. The summed E-state index contributed by atoms with van der Waals surface area (Å²) in [4.78, 5) is 21.1. The lowest BCUT2D eigenvalue weighted by Gasteiger charge is -2.35. The lowest BCUT2D eigenvalue weighted by Crippen LogP contribution is -2.47. The van der Waals surface area contributed by atoms with Gasteiger partial charge in [-0.15, -0.1) is 24.8 Å². The van der Waals surface area contributed by atoms with Gasteiger partial charge in [0.25, 0.3) is 0 Å². The topological polar surface area (TPSA) is 83.7 Å². The van der Waals surface area contributed by atoms with Crippen molar-refractivity contribution < 1.29 is 9.53 Å². The van der Waals surface area contributed by atoms with Crippen molar-refractivity contribution in [3.05, 3.63) is 42.5 Å². The minimum atomic E-state index is 0. The van der Waals surface area contributed by atoms with Crippen molar-refractivity contribution in [2.24, 2.45) is 0 Å². The van der Waals surface area contributed by atoms with Crippen LogP contribution in [0.2, 0.25) is 0 Å². The molecule has 3 rings (SSSR count). The molecule has 1 amide bonds. The van der Waals surface area contributed by atoms with Gasteiger partial charge in [0, 0.05) is 56.6 Å². The van der Waals surface area contributed by atoms with Crippen LogP contribution in [0.3, 0.4) is 0 Å². The first-order valence-electron chi connectivity index (χ1n) is 8.78. The molecule has 0 bridgehead atoms. The van der Waals surface area contributed by atoms with Gasteiger partial charge in [-0.1, -0.05) is 6.07 Å². The van der Waals surface area contributed by atoms with Crippen LogP contribution in [0.25, 0.3) is 0 Å². The van der Waals surface area contributed by atoms with E-state index in [0.29, 0.717) is 18.0 Å². The summed E-state index contributed by atoms with van der Waals surface area (Å²) in [7, 11) is 1.62. The zero-order valence-electron chi connectivity index (χ0n) is 15.8. The molecule has 7 nitrogen and oxygen atoms in total. The molecular formula is C19H27Cl2N5O2. The molecule has 0 aliphatic carbocycles. The van der Waals surface area contributed by atoms with Gasteiger partial charge in [-0.25, -0.2) is 0 Å². The van der Waals surface area contributed by atoms with Crippen LogP contribution in [0.15, 0.2) is 42.5 Å². The van der Waals surface area contributed by atoms with Gasteiger partial charge >= 0.3 is 0 Å². The summed E-state index contributed by atoms with van der Waals surface area (Å²) in [5, 5.41) is 2.90. The lowest BCUT2D eigenvalue weighted by atomic mass is 10.2. The molecule has 154 valence electrons. The molecule has 3 N–H and O–H groups in total. The Labute approximate surface area is 178 Å². The Morgan fingerprint density at radius 1 is 1.11 bits per heavy atom. The predicted octanol–water partition coefficient (Wildman–Crippen LogP) is 2.67. The Hall–Kier alpha value is -2.22. The van der Waals surface area contributed by atoms with Crippen LogP contribution in [-0.4, -0.2) is 55.6 Å². The number of piperazine rings is 1. The van der Waals surface area contributed by atoms with E-state index in [9.17, 15) is 4.79 Å². The highest BCUT2D eigenvalue weighted by molar-refractivity contribution is 5.90. The molecule has 0 atom stereocenters. The molecule has 0 saturated carbocycles. The van der Waals surface area contributed by atoms with E-state index in [-0.39, 0.29) is 30.7 Å². The monoisotopic (exact) mass is 427 g/mol. The van der Waals surface area contributed by atoms with Crippen LogP contribution < -0.4 is 20.7 Å². The number of amides is 1. The maximum absolute atomic E-state index is 12.1. The number of hydrogen-bond donors (Lipinski definition) is 2. The average molecular weight is 428 g/mol. The molecule has 2 heterocycles. The minimum absolute atomic E-state index is 0. The second-order valence-electron chi connectivity index (χ2n) is 6.29. The number of benzene rings is 1. The van der Waals surface area contributed by atoms with E-state index in [0.717, 1.165) is 44.2 Å². The number of pyridine rings is 1. The van der Waals surface area contributed by atoms with E-state index >= 15 is 0 Å². The molecule has 0 spiro atoms. The van der Waals surface area contributed by atoms with Crippen LogP contribution in [-0.2, 0) is 4.79 Å². The fourth-order valence-corrected chi connectivity index (χ4v) is 2.94. The molecule has 1 aliphatic rings. The van der Waals surface area contributed by atoms with Crippen LogP contribution in [0, 0.1) is 0 Å². The fourth-order valence-electron chi connectivity index (χ4n) is 2.94. The lowest BCUT2D eigenvalue weighted by molar-refractivity contribution is -0.116. The van der Waals surface area contributed by atoms with Crippen molar-refractivity contribution in [1.29, 1.82) is 0 Å². The Bertz CT molecular complexity index is 737. The first-order valence-corrected chi connectivity index (χ1v) is 8.78. The predicted molar refractivity (Wildman–Crippen MR) is 118 cm³/mol. The molecule has 1 aromatic heterocycles. The second kappa shape index (κ2) is 11.6. The van der Waals surface area contributed by atoms with E-state index < -0.39 is 0 Å². The van der Waals surface area contributed by atoms with Gasteiger partial charge in [0.15, 0.2) is 0 Å². The van der Waals surface area contributed by atoms with E-state index in [2.05, 4.69) is 20.1 Å². The highest BCUT2D eigenvalue weighted by atomic mass is 35.5. The van der Waals surface area contributed by atoms with Crippen molar-refractivity contribution in [3.8, 4) is 5.88 Å². The van der Waals surface area contributed by atoms with E-state index in [1.165, 1.54) is 0 Å². The first kappa shape index (κ1) is 23.8. The summed E-state index contributed by atoms with van der Waals surface area (Å²) in [6.45, 7) is 4.35. The number of carbonyl (C=O) groups is 1. The summed E-state index contributed by atoms with van der Waals surface area (Å²) >= 11 is 0. The van der Waals surface area contributed by atoms with E-state index in [1.807, 2.05) is 30.3 Å². The van der Waals surface area contributed by atoms with Crippen LogP contribution in [0.5, 0.6) is 5.88 Å². The minimum Gasteiger partial charge on any atom is -0.481 e. The number of nitrogens with one attached hydrogen (secondary N) is 1. The Kier molecular flexibility index (Phi) is 9.85. The zero-order chi connectivity index (χ0) is 18.4. The number of carbonyl (C=O) groups excluding carboxylic acids is 1. The van der Waals surface area contributed by atoms with Crippen molar-refractivity contribution in [3.63, 3.8) is 0 Å². The third-order valence-corrected chi connectivity index (χ3v) is 4.46. The smallest absolute Gasteiger partial charge is 0.225 e. The number of aromatic nitrogens is 1. The van der Waals surface area contributed by atoms with Crippen molar-refractivity contribution in [1.82, 2.24) is 9.88 Å². The second-order valence-corrected chi connectivity index (χ2v) is 6.29. The molecule has 9 heteroatoms. The largest absolute Gasteiger partial charge is 0.481 e. The van der Waals surface area contributed by atoms with Gasteiger partial charge in [-0.3, -0.25) is 9.69 Å². The summed E-state index contributed by atoms with van der Waals surface area (Å²) < 4.78 is 5.19. The number of nitrogens with zero attached hydrogens (tertiary/aromatic N) is 3. The quantitative estimate of drug-likeness (QED) is 0.689. The molecular weight excluding hydrogens is 401 g/mol. The third kappa shape index (κ3) is 6.74. The van der Waals surface area contributed by atoms with Gasteiger partial charge in [0.1, 0.15) is 5.82 Å². The van der Waals surface area contributed by atoms with Crippen molar-refractivity contribution in [2.75, 3.05) is 55.8 Å². The molecule has 28 heavy (non-hydrogen) atoms. The maximum Gasteiger partial charge on any atom is 0.225 e. The number of ether oxygens (including phenoxy) is 1. The molecule has 1 aliphatic heterocycles. The highest BCUT2D eigenvalue weighted by Crippen LogP contribution is 2.17. The van der Waals surface area contributed by atoms with Crippen LogP contribution >= 0.6 is 24.8 Å². The van der Waals surface area contributed by atoms with Crippen molar-refractivity contribution in [2.45, 2.75) is 6.42 Å². The number of methoxy groups -OCH3 is 1. The molecule has 1 saturated heterocycles. The average Bonchev–Trinajstić information content (AvgIpc) is 2.68. The third-order valence-electron chi connectivity index (χ3n) is 4.46. The number of hydrogen-bond acceptors (Lipinski definition) is 6.